The van der Waals surface area contributed by atoms with Gasteiger partial charge >= 0.3 is 5.97 Å². The van der Waals surface area contributed by atoms with Crippen LogP contribution in [0, 0.1) is 6.92 Å². The molecule has 0 aliphatic rings. The van der Waals surface area contributed by atoms with Crippen molar-refractivity contribution in [2.24, 2.45) is 0 Å². The van der Waals surface area contributed by atoms with Crippen LogP contribution in [0.1, 0.15) is 36.3 Å². The van der Waals surface area contributed by atoms with E-state index in [1.807, 2.05) is 31.2 Å². The van der Waals surface area contributed by atoms with Gasteiger partial charge in [0.25, 0.3) is 0 Å². The molecule has 136 valence electrons. The highest BCUT2D eigenvalue weighted by Gasteiger charge is 2.11. The molecule has 0 fully saturated rings. The number of ether oxygens (including phenoxy) is 2. The lowest BCUT2D eigenvalue weighted by atomic mass is 10.1. The number of hydrogen-bond acceptors (Lipinski definition) is 4. The molecule has 0 saturated heterocycles. The van der Waals surface area contributed by atoms with E-state index >= 15 is 0 Å². The summed E-state index contributed by atoms with van der Waals surface area (Å²) in [6.45, 7) is 6.74. The zero-order valence-electron chi connectivity index (χ0n) is 15.5. The fourth-order valence-corrected chi connectivity index (χ4v) is 3.04. The van der Waals surface area contributed by atoms with Crippen molar-refractivity contribution in [1.82, 2.24) is 0 Å². The quantitative estimate of drug-likeness (QED) is 0.562. The van der Waals surface area contributed by atoms with Crippen LogP contribution < -0.4 is 4.74 Å². The van der Waals surface area contributed by atoms with Gasteiger partial charge < -0.3 is 13.9 Å². The Morgan fingerprint density at radius 3 is 2.69 bits per heavy atom. The molecular formula is C22H24O4. The van der Waals surface area contributed by atoms with Crippen LogP contribution in [0.2, 0.25) is 0 Å². The number of para-hydroxylation sites is 1. The molecule has 2 aromatic carbocycles. The molecule has 4 nitrogen and oxygen atoms in total. The van der Waals surface area contributed by atoms with Crippen molar-refractivity contribution in [3.8, 4) is 5.75 Å². The number of benzene rings is 2. The van der Waals surface area contributed by atoms with Crippen molar-refractivity contribution in [1.29, 1.82) is 0 Å². The second-order valence-electron chi connectivity index (χ2n) is 6.28. The first-order valence-electron chi connectivity index (χ1n) is 8.99. The van der Waals surface area contributed by atoms with Crippen LogP contribution in [0.15, 0.2) is 46.9 Å². The average Bonchev–Trinajstić information content (AvgIpc) is 3.05. The molecule has 0 aliphatic heterocycles. The van der Waals surface area contributed by atoms with Gasteiger partial charge in [-0.25, -0.2) is 0 Å². The summed E-state index contributed by atoms with van der Waals surface area (Å²) in [6.07, 6.45) is 1.09. The molecule has 1 aromatic heterocycles. The van der Waals surface area contributed by atoms with Crippen LogP contribution in [0.3, 0.4) is 0 Å². The molecule has 0 spiro atoms. The molecule has 0 saturated carbocycles. The number of carbonyl (C=O) groups is 1. The predicted octanol–water partition coefficient (Wildman–Crippen LogP) is 4.99. The van der Waals surface area contributed by atoms with Crippen molar-refractivity contribution in [3.05, 3.63) is 64.9 Å². The average molecular weight is 352 g/mol. The third-order valence-corrected chi connectivity index (χ3v) is 4.27. The van der Waals surface area contributed by atoms with Gasteiger partial charge in [0.15, 0.2) is 0 Å². The molecule has 0 aliphatic carbocycles. The largest absolute Gasteiger partial charge is 0.489 e. The number of furan rings is 1. The second kappa shape index (κ2) is 8.09. The highest BCUT2D eigenvalue weighted by Crippen LogP contribution is 2.26. The SMILES string of the molecule is CCOC(=O)Cc1ccccc1OCc1cc(C)c2oc(CC)cc2c1. The van der Waals surface area contributed by atoms with Crippen LogP contribution >= 0.6 is 0 Å². The lowest BCUT2D eigenvalue weighted by Gasteiger charge is -2.12. The summed E-state index contributed by atoms with van der Waals surface area (Å²) < 4.78 is 16.9. The summed E-state index contributed by atoms with van der Waals surface area (Å²) in [7, 11) is 0. The van der Waals surface area contributed by atoms with Gasteiger partial charge in [0.1, 0.15) is 23.7 Å². The predicted molar refractivity (Wildman–Crippen MR) is 101 cm³/mol. The maximum Gasteiger partial charge on any atom is 0.310 e. The van der Waals surface area contributed by atoms with E-state index in [9.17, 15) is 4.79 Å². The number of hydrogen-bond donors (Lipinski definition) is 0. The van der Waals surface area contributed by atoms with Gasteiger partial charge in [0, 0.05) is 17.4 Å². The molecule has 0 N–H and O–H groups in total. The molecule has 0 amide bonds. The molecule has 0 atom stereocenters. The Labute approximate surface area is 153 Å². The Balaban J connectivity index is 1.77. The van der Waals surface area contributed by atoms with Gasteiger partial charge in [0.05, 0.1) is 13.0 Å². The maximum atomic E-state index is 11.8. The Morgan fingerprint density at radius 1 is 1.12 bits per heavy atom. The highest BCUT2D eigenvalue weighted by atomic mass is 16.5. The lowest BCUT2D eigenvalue weighted by molar-refractivity contribution is -0.142. The van der Waals surface area contributed by atoms with E-state index in [1.165, 1.54) is 0 Å². The normalized spacial score (nSPS) is 10.9. The van der Waals surface area contributed by atoms with E-state index in [0.29, 0.717) is 19.0 Å². The Morgan fingerprint density at radius 2 is 1.92 bits per heavy atom. The molecule has 0 radical (unpaired) electrons. The summed E-state index contributed by atoms with van der Waals surface area (Å²) in [4.78, 5) is 11.8. The van der Waals surface area contributed by atoms with E-state index in [4.69, 9.17) is 13.9 Å². The van der Waals surface area contributed by atoms with Crippen LogP contribution in [-0.4, -0.2) is 12.6 Å². The van der Waals surface area contributed by atoms with Crippen molar-refractivity contribution in [2.45, 2.75) is 40.2 Å². The van der Waals surface area contributed by atoms with Gasteiger partial charge in [-0.15, -0.1) is 0 Å². The molecule has 0 unspecified atom stereocenters. The van der Waals surface area contributed by atoms with Gasteiger partial charge in [-0.05, 0) is 49.2 Å². The molecular weight excluding hydrogens is 328 g/mol. The molecule has 0 bridgehead atoms. The summed E-state index contributed by atoms with van der Waals surface area (Å²) in [5.41, 5.74) is 3.94. The molecule has 26 heavy (non-hydrogen) atoms. The van der Waals surface area contributed by atoms with Crippen LogP contribution in [0.25, 0.3) is 11.0 Å². The topological polar surface area (TPSA) is 48.7 Å². The zero-order chi connectivity index (χ0) is 18.5. The number of fused-ring (bicyclic) bond motifs is 1. The summed E-state index contributed by atoms with van der Waals surface area (Å²) in [5.74, 6) is 1.45. The van der Waals surface area contributed by atoms with Gasteiger partial charge in [-0.3, -0.25) is 4.79 Å². The van der Waals surface area contributed by atoms with E-state index in [-0.39, 0.29) is 12.4 Å². The van der Waals surface area contributed by atoms with E-state index in [0.717, 1.165) is 39.8 Å². The summed E-state index contributed by atoms with van der Waals surface area (Å²) in [6, 6.07) is 13.8. The van der Waals surface area contributed by atoms with Gasteiger partial charge in [0.2, 0.25) is 0 Å². The summed E-state index contributed by atoms with van der Waals surface area (Å²) in [5, 5.41) is 1.10. The third kappa shape index (κ3) is 4.07. The van der Waals surface area contributed by atoms with Crippen molar-refractivity contribution >= 4 is 16.9 Å². The molecule has 3 aromatic rings. The summed E-state index contributed by atoms with van der Waals surface area (Å²) >= 11 is 0. The number of rotatable bonds is 7. The van der Waals surface area contributed by atoms with Crippen LogP contribution in [0.4, 0.5) is 0 Å². The number of esters is 1. The number of carbonyl (C=O) groups excluding carboxylic acids is 1. The monoisotopic (exact) mass is 352 g/mol. The first-order valence-corrected chi connectivity index (χ1v) is 8.99. The van der Waals surface area contributed by atoms with E-state index in [2.05, 4.69) is 25.1 Å². The Bertz CT molecular complexity index is 908. The fourth-order valence-electron chi connectivity index (χ4n) is 3.04. The molecule has 1 heterocycles. The van der Waals surface area contributed by atoms with Crippen molar-refractivity contribution in [3.63, 3.8) is 0 Å². The van der Waals surface area contributed by atoms with Gasteiger partial charge in [-0.2, -0.15) is 0 Å². The van der Waals surface area contributed by atoms with E-state index in [1.54, 1.807) is 6.92 Å². The Hall–Kier alpha value is -2.75. The molecule has 3 rings (SSSR count). The maximum absolute atomic E-state index is 11.8. The Kier molecular flexibility index (Phi) is 5.61. The minimum Gasteiger partial charge on any atom is -0.489 e. The third-order valence-electron chi connectivity index (χ3n) is 4.27. The number of aryl methyl sites for hydroxylation is 2. The fraction of sp³-hybridized carbons (Fsp3) is 0.318. The highest BCUT2D eigenvalue weighted by molar-refractivity contribution is 5.82. The smallest absolute Gasteiger partial charge is 0.310 e. The second-order valence-corrected chi connectivity index (χ2v) is 6.28. The minimum absolute atomic E-state index is 0.212. The van der Waals surface area contributed by atoms with Crippen LogP contribution in [0.5, 0.6) is 5.75 Å². The zero-order valence-corrected chi connectivity index (χ0v) is 15.5. The van der Waals surface area contributed by atoms with Crippen LogP contribution in [-0.2, 0) is 29.0 Å². The van der Waals surface area contributed by atoms with Crippen molar-refractivity contribution in [2.75, 3.05) is 6.61 Å². The minimum atomic E-state index is -0.244. The first-order chi connectivity index (χ1) is 12.6. The van der Waals surface area contributed by atoms with Gasteiger partial charge in [-0.1, -0.05) is 25.1 Å². The van der Waals surface area contributed by atoms with Crippen molar-refractivity contribution < 1.29 is 18.7 Å². The standard InChI is InChI=1S/C22H24O4/c1-4-19-12-18-11-16(10-15(3)22(18)26-19)14-25-20-9-7-6-8-17(20)13-21(23)24-5-2/h6-12H,4-5,13-14H2,1-3H3. The molecule has 4 heteroatoms. The first kappa shape index (κ1) is 18.1. The lowest BCUT2D eigenvalue weighted by Crippen LogP contribution is -2.09. The van der Waals surface area contributed by atoms with E-state index < -0.39 is 0 Å².